The molecule has 0 aliphatic carbocycles. The van der Waals surface area contributed by atoms with E-state index in [4.69, 9.17) is 4.98 Å². The number of likely N-dealkylation sites (tertiary alicyclic amines) is 1. The number of aromatic nitrogens is 4. The van der Waals surface area contributed by atoms with Crippen LogP contribution in [0.3, 0.4) is 0 Å². The third-order valence-corrected chi connectivity index (χ3v) is 7.58. The predicted molar refractivity (Wildman–Crippen MR) is 136 cm³/mol. The van der Waals surface area contributed by atoms with Crippen LogP contribution in [0.5, 0.6) is 0 Å². The Morgan fingerprint density at radius 1 is 1.21 bits per heavy atom. The Bertz CT molecular complexity index is 1310. The number of amides is 1. The molecule has 0 saturated carbocycles. The number of alkyl halides is 3. The zero-order valence-corrected chi connectivity index (χ0v) is 21.7. The second-order valence-electron chi connectivity index (χ2n) is 10.4. The van der Waals surface area contributed by atoms with E-state index in [0.29, 0.717) is 50.5 Å². The van der Waals surface area contributed by atoms with Gasteiger partial charge in [0.1, 0.15) is 0 Å². The number of carbonyl (C=O) groups excluding carboxylic acids is 1. The fraction of sp³-hybridized carbons (Fsp3) is 0.481. The Kier molecular flexibility index (Phi) is 7.13. The van der Waals surface area contributed by atoms with Crippen LogP contribution in [-0.4, -0.2) is 61.6 Å². The van der Waals surface area contributed by atoms with Gasteiger partial charge in [-0.2, -0.15) is 18.3 Å². The van der Waals surface area contributed by atoms with Crippen LogP contribution in [0.4, 0.5) is 19.1 Å². The highest BCUT2D eigenvalue weighted by Gasteiger charge is 2.40. The maximum atomic E-state index is 14.0. The maximum Gasteiger partial charge on any atom is 0.416 e. The first-order chi connectivity index (χ1) is 18.1. The zero-order valence-electron chi connectivity index (χ0n) is 21.7. The van der Waals surface area contributed by atoms with Crippen molar-refractivity contribution in [1.29, 1.82) is 0 Å². The normalized spacial score (nSPS) is 22.3. The van der Waals surface area contributed by atoms with Crippen LogP contribution < -0.4 is 5.32 Å². The molecule has 2 aliphatic rings. The van der Waals surface area contributed by atoms with E-state index in [2.05, 4.69) is 20.3 Å². The lowest BCUT2D eigenvalue weighted by Gasteiger charge is -2.42. The summed E-state index contributed by atoms with van der Waals surface area (Å²) in [6.45, 7) is 4.07. The van der Waals surface area contributed by atoms with Crippen LogP contribution in [0.25, 0.3) is 0 Å². The average Bonchev–Trinajstić information content (AvgIpc) is 3.31. The number of benzene rings is 1. The van der Waals surface area contributed by atoms with Gasteiger partial charge in [0.25, 0.3) is 0 Å². The van der Waals surface area contributed by atoms with Gasteiger partial charge in [-0.25, -0.2) is 9.97 Å². The number of nitrogens with zero attached hydrogens (tertiary/aromatic N) is 6. The average molecular weight is 528 g/mol. The molecule has 3 aromatic rings. The van der Waals surface area contributed by atoms with Crippen molar-refractivity contribution in [2.45, 2.75) is 51.0 Å². The number of nitrogens with one attached hydrogen (secondary N) is 1. The minimum absolute atomic E-state index is 0.0275. The number of rotatable bonds is 5. The van der Waals surface area contributed by atoms with Gasteiger partial charge >= 0.3 is 6.18 Å². The van der Waals surface area contributed by atoms with Crippen LogP contribution in [0, 0.1) is 5.92 Å². The van der Waals surface area contributed by atoms with E-state index >= 15 is 0 Å². The quantitative estimate of drug-likeness (QED) is 0.543. The molecule has 8 nitrogen and oxygen atoms in total. The summed E-state index contributed by atoms with van der Waals surface area (Å²) in [5.41, 5.74) is 2.53. The molecular formula is C27H32F3N7O. The summed E-state index contributed by atoms with van der Waals surface area (Å²) in [6.07, 6.45) is 0.465. The van der Waals surface area contributed by atoms with Crippen molar-refractivity contribution in [2.75, 3.05) is 25.5 Å². The van der Waals surface area contributed by atoms with E-state index < -0.39 is 17.7 Å². The monoisotopic (exact) mass is 527 g/mol. The van der Waals surface area contributed by atoms with Crippen LogP contribution >= 0.6 is 0 Å². The molecule has 1 N–H and O–H groups in total. The molecule has 2 aromatic heterocycles. The predicted octanol–water partition coefficient (Wildman–Crippen LogP) is 3.85. The molecule has 0 spiro atoms. The molecule has 0 radical (unpaired) electrons. The third-order valence-electron chi connectivity index (χ3n) is 7.58. The highest BCUT2D eigenvalue weighted by Crippen LogP contribution is 2.38. The molecule has 4 heterocycles. The molecule has 2 aliphatic heterocycles. The molecule has 1 saturated heterocycles. The molecule has 1 aromatic carbocycles. The Morgan fingerprint density at radius 2 is 2.03 bits per heavy atom. The number of anilines is 1. The topological polar surface area (TPSA) is 79.2 Å². The smallest absolute Gasteiger partial charge is 0.348 e. The molecule has 3 atom stereocenters. The third kappa shape index (κ3) is 5.52. The van der Waals surface area contributed by atoms with E-state index in [1.807, 2.05) is 44.4 Å². The first kappa shape index (κ1) is 26.1. The molecule has 202 valence electrons. The standard InChI is InChI=1S/C27H32F3N7O/c1-17-11-19-13-31-26(32-14-21-7-10-36(3)34-21)33-24(19)16-37(17)25(38)22-8-9-35(2)15-23(22)18-5-4-6-20(12-18)27(28,29)30/h4-7,10,12-13,17,22-23H,8-9,11,14-16H2,1-3H3,(H,31,32,33)/t17-,22+,23-/m1/s1. The van der Waals surface area contributed by atoms with Crippen molar-refractivity contribution in [3.8, 4) is 0 Å². The van der Waals surface area contributed by atoms with E-state index in [1.165, 1.54) is 12.1 Å². The van der Waals surface area contributed by atoms with Gasteiger partial charge in [0.2, 0.25) is 11.9 Å². The first-order valence-corrected chi connectivity index (χ1v) is 12.8. The summed E-state index contributed by atoms with van der Waals surface area (Å²) in [7, 11) is 3.80. The highest BCUT2D eigenvalue weighted by atomic mass is 19.4. The van der Waals surface area contributed by atoms with Gasteiger partial charge in [-0.15, -0.1) is 0 Å². The minimum atomic E-state index is -4.43. The summed E-state index contributed by atoms with van der Waals surface area (Å²) >= 11 is 0. The molecule has 38 heavy (non-hydrogen) atoms. The zero-order chi connectivity index (χ0) is 27.0. The van der Waals surface area contributed by atoms with Gasteiger partial charge in [0.15, 0.2) is 0 Å². The molecule has 5 rings (SSSR count). The van der Waals surface area contributed by atoms with Gasteiger partial charge < -0.3 is 15.1 Å². The number of halogens is 3. The number of fused-ring (bicyclic) bond motifs is 1. The SMILES string of the molecule is C[C@@H]1Cc2cnc(NCc3ccn(C)n3)nc2CN1C(=O)[C@H]1CCN(C)C[C@@H]1c1cccc(C(F)(F)F)c1. The number of aryl methyl sites for hydroxylation is 1. The second-order valence-corrected chi connectivity index (χ2v) is 10.4. The summed E-state index contributed by atoms with van der Waals surface area (Å²) < 4.78 is 42.0. The second kappa shape index (κ2) is 10.4. The van der Waals surface area contributed by atoms with Crippen molar-refractivity contribution < 1.29 is 18.0 Å². The number of likely N-dealkylation sites (N-methyl/N-ethyl adjacent to an activating group) is 1. The van der Waals surface area contributed by atoms with Gasteiger partial charge in [0.05, 0.1) is 30.0 Å². The van der Waals surface area contributed by atoms with Crippen LogP contribution in [0.1, 0.15) is 47.3 Å². The fourth-order valence-electron chi connectivity index (χ4n) is 5.51. The van der Waals surface area contributed by atoms with E-state index in [-0.39, 0.29) is 17.9 Å². The lowest BCUT2D eigenvalue weighted by Crippen LogP contribution is -2.50. The van der Waals surface area contributed by atoms with Gasteiger partial charge in [-0.1, -0.05) is 18.2 Å². The summed E-state index contributed by atoms with van der Waals surface area (Å²) in [6, 6.07) is 7.27. The summed E-state index contributed by atoms with van der Waals surface area (Å²) in [4.78, 5) is 27.0. The molecule has 0 bridgehead atoms. The van der Waals surface area contributed by atoms with Gasteiger partial charge in [0, 0.05) is 43.9 Å². The molecule has 1 amide bonds. The molecule has 0 unspecified atom stereocenters. The largest absolute Gasteiger partial charge is 0.416 e. The number of hydrogen-bond acceptors (Lipinski definition) is 6. The van der Waals surface area contributed by atoms with Crippen molar-refractivity contribution in [3.63, 3.8) is 0 Å². The van der Waals surface area contributed by atoms with Gasteiger partial charge in [-0.05, 0) is 56.6 Å². The molecular weight excluding hydrogens is 495 g/mol. The van der Waals surface area contributed by atoms with Crippen molar-refractivity contribution >= 4 is 11.9 Å². The maximum absolute atomic E-state index is 14.0. The Morgan fingerprint density at radius 3 is 2.76 bits per heavy atom. The number of piperidine rings is 1. The number of carbonyl (C=O) groups is 1. The molecule has 11 heteroatoms. The Balaban J connectivity index is 1.35. The van der Waals surface area contributed by atoms with Gasteiger partial charge in [-0.3, -0.25) is 9.48 Å². The van der Waals surface area contributed by atoms with Crippen LogP contribution in [-0.2, 0) is 37.5 Å². The van der Waals surface area contributed by atoms with E-state index in [9.17, 15) is 18.0 Å². The molecule has 1 fully saturated rings. The first-order valence-electron chi connectivity index (χ1n) is 12.8. The number of hydrogen-bond donors (Lipinski definition) is 1. The van der Waals surface area contributed by atoms with E-state index in [1.54, 1.807) is 10.7 Å². The van der Waals surface area contributed by atoms with Crippen molar-refractivity contribution in [2.24, 2.45) is 13.0 Å². The minimum Gasteiger partial charge on any atom is -0.348 e. The summed E-state index contributed by atoms with van der Waals surface area (Å²) in [5, 5.41) is 7.54. The van der Waals surface area contributed by atoms with E-state index in [0.717, 1.165) is 23.0 Å². The van der Waals surface area contributed by atoms with Crippen LogP contribution in [0.2, 0.25) is 0 Å². The van der Waals surface area contributed by atoms with Crippen molar-refractivity contribution in [3.05, 3.63) is 70.8 Å². The lowest BCUT2D eigenvalue weighted by molar-refractivity contribution is -0.141. The lowest BCUT2D eigenvalue weighted by atomic mass is 9.79. The van der Waals surface area contributed by atoms with Crippen LogP contribution in [0.15, 0.2) is 42.7 Å². The highest BCUT2D eigenvalue weighted by molar-refractivity contribution is 5.81. The summed E-state index contributed by atoms with van der Waals surface area (Å²) in [5.74, 6) is -0.279. The Labute approximate surface area is 219 Å². The Hall–Kier alpha value is -3.47. The van der Waals surface area contributed by atoms with Crippen molar-refractivity contribution in [1.82, 2.24) is 29.5 Å². The fourth-order valence-corrected chi connectivity index (χ4v) is 5.51.